The quantitative estimate of drug-likeness (QED) is 0.539. The van der Waals surface area contributed by atoms with Crippen molar-refractivity contribution >= 4 is 11.9 Å². The van der Waals surface area contributed by atoms with Crippen molar-refractivity contribution in [1.29, 1.82) is 0 Å². The van der Waals surface area contributed by atoms with Crippen molar-refractivity contribution in [3.05, 3.63) is 0 Å². The van der Waals surface area contributed by atoms with Crippen molar-refractivity contribution in [2.24, 2.45) is 23.5 Å². The molecule has 5 nitrogen and oxygen atoms in total. The standard InChI is InChI=1S/C8H11NO4/c9-8(7(12)13)2-1-3-4(5(3)8)6(10)11/h3-5H,1-2,9H2,(H,10,11)(H,12,13)/t3-,4+,5-,8+/m0/s1. The van der Waals surface area contributed by atoms with Gasteiger partial charge in [-0.25, -0.2) is 0 Å². The highest BCUT2D eigenvalue weighted by atomic mass is 16.4. The van der Waals surface area contributed by atoms with Crippen molar-refractivity contribution in [3.63, 3.8) is 0 Å². The van der Waals surface area contributed by atoms with E-state index >= 15 is 0 Å². The van der Waals surface area contributed by atoms with Crippen LogP contribution in [0.1, 0.15) is 12.8 Å². The first-order valence-electron chi connectivity index (χ1n) is 4.23. The van der Waals surface area contributed by atoms with Gasteiger partial charge in [0.1, 0.15) is 5.54 Å². The van der Waals surface area contributed by atoms with Gasteiger partial charge in [-0.05, 0) is 18.8 Å². The van der Waals surface area contributed by atoms with Crippen LogP contribution in [0.25, 0.3) is 0 Å². The van der Waals surface area contributed by atoms with Gasteiger partial charge in [-0.15, -0.1) is 0 Å². The van der Waals surface area contributed by atoms with Crippen LogP contribution in [0, 0.1) is 17.8 Å². The molecule has 0 unspecified atom stereocenters. The van der Waals surface area contributed by atoms with E-state index in [1.807, 2.05) is 0 Å². The Morgan fingerprint density at radius 2 is 2.00 bits per heavy atom. The van der Waals surface area contributed by atoms with Gasteiger partial charge in [-0.3, -0.25) is 9.59 Å². The highest BCUT2D eigenvalue weighted by molar-refractivity contribution is 5.85. The second-order valence-electron chi connectivity index (χ2n) is 3.94. The predicted molar refractivity (Wildman–Crippen MR) is 41.9 cm³/mol. The van der Waals surface area contributed by atoms with Gasteiger partial charge in [0.15, 0.2) is 0 Å². The number of carboxylic acids is 2. The average molecular weight is 185 g/mol. The third kappa shape index (κ3) is 0.904. The topological polar surface area (TPSA) is 101 Å². The van der Waals surface area contributed by atoms with Crippen molar-refractivity contribution in [2.75, 3.05) is 0 Å². The molecule has 0 aromatic carbocycles. The summed E-state index contributed by atoms with van der Waals surface area (Å²) < 4.78 is 0. The van der Waals surface area contributed by atoms with Crippen molar-refractivity contribution in [2.45, 2.75) is 18.4 Å². The summed E-state index contributed by atoms with van der Waals surface area (Å²) in [5, 5.41) is 17.6. The smallest absolute Gasteiger partial charge is 0.324 e. The van der Waals surface area contributed by atoms with Gasteiger partial charge in [0.2, 0.25) is 0 Å². The zero-order valence-corrected chi connectivity index (χ0v) is 6.93. The molecule has 2 saturated carbocycles. The number of rotatable bonds is 2. The molecular weight excluding hydrogens is 174 g/mol. The van der Waals surface area contributed by atoms with E-state index in [4.69, 9.17) is 15.9 Å². The molecule has 0 bridgehead atoms. The lowest BCUT2D eigenvalue weighted by atomic mass is 9.92. The molecule has 0 saturated heterocycles. The van der Waals surface area contributed by atoms with Crippen LogP contribution in [0.3, 0.4) is 0 Å². The van der Waals surface area contributed by atoms with Gasteiger partial charge in [0.25, 0.3) is 0 Å². The zero-order chi connectivity index (χ0) is 9.80. The molecule has 72 valence electrons. The molecular formula is C8H11NO4. The lowest BCUT2D eigenvalue weighted by Gasteiger charge is -2.20. The minimum absolute atomic E-state index is 0.00130. The maximum absolute atomic E-state index is 10.8. The van der Waals surface area contributed by atoms with E-state index in [1.54, 1.807) is 0 Å². The second kappa shape index (κ2) is 2.23. The number of hydrogen-bond acceptors (Lipinski definition) is 3. The van der Waals surface area contributed by atoms with Crippen LogP contribution in [0.2, 0.25) is 0 Å². The van der Waals surface area contributed by atoms with Gasteiger partial charge in [-0.2, -0.15) is 0 Å². The average Bonchev–Trinajstić information content (AvgIpc) is 2.66. The van der Waals surface area contributed by atoms with Crippen molar-refractivity contribution in [1.82, 2.24) is 0 Å². The molecule has 2 aliphatic rings. The molecule has 0 aliphatic heterocycles. The summed E-state index contributed by atoms with van der Waals surface area (Å²) in [6.07, 6.45) is 1.03. The van der Waals surface area contributed by atoms with E-state index in [9.17, 15) is 9.59 Å². The van der Waals surface area contributed by atoms with E-state index in [-0.39, 0.29) is 11.8 Å². The Hall–Kier alpha value is -1.10. The molecule has 0 heterocycles. The maximum atomic E-state index is 10.8. The summed E-state index contributed by atoms with van der Waals surface area (Å²) in [6.45, 7) is 0. The fourth-order valence-electron chi connectivity index (χ4n) is 2.59. The van der Waals surface area contributed by atoms with Gasteiger partial charge in [0.05, 0.1) is 5.92 Å². The van der Waals surface area contributed by atoms with Gasteiger partial charge in [-0.1, -0.05) is 0 Å². The Balaban J connectivity index is 2.20. The Bertz CT molecular complexity index is 290. The number of nitrogens with two attached hydrogens (primary N) is 1. The zero-order valence-electron chi connectivity index (χ0n) is 6.93. The molecule has 2 aliphatic carbocycles. The molecule has 2 fully saturated rings. The molecule has 4 atom stereocenters. The van der Waals surface area contributed by atoms with Crippen LogP contribution in [0.4, 0.5) is 0 Å². The minimum Gasteiger partial charge on any atom is -0.481 e. The van der Waals surface area contributed by atoms with Crippen molar-refractivity contribution in [3.8, 4) is 0 Å². The molecule has 2 rings (SSSR count). The third-order valence-corrected chi connectivity index (χ3v) is 3.34. The van der Waals surface area contributed by atoms with Gasteiger partial charge in [0, 0.05) is 5.92 Å². The molecule has 0 radical (unpaired) electrons. The van der Waals surface area contributed by atoms with E-state index < -0.39 is 23.4 Å². The van der Waals surface area contributed by atoms with Crippen LogP contribution < -0.4 is 5.73 Å². The third-order valence-electron chi connectivity index (χ3n) is 3.34. The summed E-state index contributed by atoms with van der Waals surface area (Å²) in [6, 6.07) is 0. The van der Waals surface area contributed by atoms with Crippen LogP contribution in [-0.4, -0.2) is 27.7 Å². The fourth-order valence-corrected chi connectivity index (χ4v) is 2.59. The minimum atomic E-state index is -1.28. The second-order valence-corrected chi connectivity index (χ2v) is 3.94. The number of aliphatic carboxylic acids is 2. The van der Waals surface area contributed by atoms with Crippen LogP contribution in [0.15, 0.2) is 0 Å². The summed E-state index contributed by atoms with van der Waals surface area (Å²) >= 11 is 0. The number of carbonyl (C=O) groups is 2. The van der Waals surface area contributed by atoms with Crippen LogP contribution in [0.5, 0.6) is 0 Å². The Morgan fingerprint density at radius 1 is 1.38 bits per heavy atom. The largest absolute Gasteiger partial charge is 0.481 e. The van der Waals surface area contributed by atoms with E-state index in [1.165, 1.54) is 0 Å². The Labute approximate surface area is 74.5 Å². The first kappa shape index (κ1) is 8.50. The fraction of sp³-hybridized carbons (Fsp3) is 0.750. The summed E-state index contributed by atoms with van der Waals surface area (Å²) in [5.74, 6) is -2.84. The van der Waals surface area contributed by atoms with Gasteiger partial charge < -0.3 is 15.9 Å². The van der Waals surface area contributed by atoms with Crippen LogP contribution in [-0.2, 0) is 9.59 Å². The molecule has 0 aromatic heterocycles. The number of fused-ring (bicyclic) bond motifs is 1. The highest BCUT2D eigenvalue weighted by Crippen LogP contribution is 2.61. The molecule has 0 amide bonds. The summed E-state index contributed by atoms with van der Waals surface area (Å²) in [7, 11) is 0. The Kier molecular flexibility index (Phi) is 1.46. The first-order chi connectivity index (χ1) is 5.98. The molecule has 0 aromatic rings. The summed E-state index contributed by atoms with van der Waals surface area (Å²) in [5.41, 5.74) is 4.37. The molecule has 0 spiro atoms. The normalized spacial score (nSPS) is 47.0. The number of carboxylic acid groups (broad SMARTS) is 2. The highest BCUT2D eigenvalue weighted by Gasteiger charge is 2.69. The van der Waals surface area contributed by atoms with Crippen molar-refractivity contribution < 1.29 is 19.8 Å². The number of hydrogen-bond donors (Lipinski definition) is 3. The van der Waals surface area contributed by atoms with Gasteiger partial charge >= 0.3 is 11.9 Å². The lowest BCUT2D eigenvalue weighted by Crippen LogP contribution is -2.49. The summed E-state index contributed by atoms with van der Waals surface area (Å²) in [4.78, 5) is 21.4. The first-order valence-corrected chi connectivity index (χ1v) is 4.23. The Morgan fingerprint density at radius 3 is 2.38 bits per heavy atom. The monoisotopic (exact) mass is 185 g/mol. The maximum Gasteiger partial charge on any atom is 0.324 e. The van der Waals surface area contributed by atoms with Crippen LogP contribution >= 0.6 is 0 Å². The van der Waals surface area contributed by atoms with E-state index in [0.717, 1.165) is 0 Å². The molecule has 5 heteroatoms. The lowest BCUT2D eigenvalue weighted by molar-refractivity contribution is -0.145. The SMILES string of the molecule is N[C@]1(C(=O)O)CC[C@H]2[C@@H](C(=O)O)[C@H]21. The predicted octanol–water partition coefficient (Wildman–Crippen LogP) is -0.491. The molecule has 13 heavy (non-hydrogen) atoms. The molecule has 4 N–H and O–H groups in total. The van der Waals surface area contributed by atoms with E-state index in [2.05, 4.69) is 0 Å². The van der Waals surface area contributed by atoms with E-state index in [0.29, 0.717) is 12.8 Å².